The summed E-state index contributed by atoms with van der Waals surface area (Å²) in [7, 11) is 4.77. The van der Waals surface area contributed by atoms with Gasteiger partial charge in [0, 0.05) is 23.9 Å². The maximum absolute atomic E-state index is 13.5. The fourth-order valence-corrected chi connectivity index (χ4v) is 3.75. The minimum absolute atomic E-state index is 0.0463. The Kier molecular flexibility index (Phi) is 5.48. The number of ether oxygens (including phenoxy) is 3. The second-order valence-corrected chi connectivity index (χ2v) is 6.96. The highest BCUT2D eigenvalue weighted by Gasteiger charge is 2.35. The fraction of sp³-hybridized carbons (Fsp3) is 0.208. The van der Waals surface area contributed by atoms with Crippen LogP contribution in [0.15, 0.2) is 66.7 Å². The molecule has 154 valence electrons. The Morgan fingerprint density at radius 1 is 0.833 bits per heavy atom. The number of carbonyl (C=O) groups excluding carboxylic acids is 1. The summed E-state index contributed by atoms with van der Waals surface area (Å²) in [6.45, 7) is 0.448. The van der Waals surface area contributed by atoms with E-state index in [0.717, 1.165) is 16.8 Å². The maximum atomic E-state index is 13.5. The zero-order valence-electron chi connectivity index (χ0n) is 17.2. The van der Waals surface area contributed by atoms with E-state index >= 15 is 0 Å². The predicted octanol–water partition coefficient (Wildman–Crippen LogP) is 4.48. The summed E-state index contributed by atoms with van der Waals surface area (Å²) in [4.78, 5) is 15.3. The number of nitrogens with zero attached hydrogens (tertiary/aromatic N) is 1. The summed E-state index contributed by atoms with van der Waals surface area (Å²) in [5.41, 5.74) is 3.25. The van der Waals surface area contributed by atoms with Gasteiger partial charge in [-0.1, -0.05) is 42.5 Å². The number of fused-ring (bicyclic) bond motifs is 1. The smallest absolute Gasteiger partial charge is 0.258 e. The van der Waals surface area contributed by atoms with Gasteiger partial charge in [0.15, 0.2) is 11.5 Å². The molecule has 1 aliphatic rings. The zero-order chi connectivity index (χ0) is 21.1. The molecule has 0 radical (unpaired) electrons. The van der Waals surface area contributed by atoms with Crippen LogP contribution in [0.25, 0.3) is 0 Å². The summed E-state index contributed by atoms with van der Waals surface area (Å²) < 4.78 is 16.6. The lowest BCUT2D eigenvalue weighted by Crippen LogP contribution is -2.42. The number of hydrogen-bond acceptors (Lipinski definition) is 5. The summed E-state index contributed by atoms with van der Waals surface area (Å²) in [6.07, 6.45) is -0.442. The van der Waals surface area contributed by atoms with E-state index in [1.54, 1.807) is 32.3 Å². The van der Waals surface area contributed by atoms with E-state index in [1.807, 2.05) is 60.7 Å². The van der Waals surface area contributed by atoms with Gasteiger partial charge in [0.2, 0.25) is 0 Å². The number of para-hydroxylation sites is 1. The second-order valence-electron chi connectivity index (χ2n) is 6.96. The normalized spacial score (nSPS) is 15.2. The number of anilines is 1. The van der Waals surface area contributed by atoms with Crippen molar-refractivity contribution in [3.8, 4) is 17.2 Å². The van der Waals surface area contributed by atoms with Crippen molar-refractivity contribution < 1.29 is 19.0 Å². The molecule has 3 aromatic rings. The lowest BCUT2D eigenvalue weighted by atomic mass is 10.0. The highest BCUT2D eigenvalue weighted by Crippen LogP contribution is 2.42. The molecule has 3 aromatic carbocycles. The summed E-state index contributed by atoms with van der Waals surface area (Å²) in [5.74, 6) is 1.70. The summed E-state index contributed by atoms with van der Waals surface area (Å²) >= 11 is 0. The quantitative estimate of drug-likeness (QED) is 0.656. The average molecular weight is 404 g/mol. The van der Waals surface area contributed by atoms with E-state index in [9.17, 15) is 4.79 Å². The number of amides is 1. The molecule has 1 aliphatic heterocycles. The number of carbonyl (C=O) groups is 1. The molecular weight excluding hydrogens is 380 g/mol. The third-order valence-corrected chi connectivity index (χ3v) is 5.25. The van der Waals surface area contributed by atoms with Crippen LogP contribution in [0.4, 0.5) is 5.69 Å². The zero-order valence-corrected chi connectivity index (χ0v) is 17.2. The molecule has 0 aromatic heterocycles. The molecule has 0 unspecified atom stereocenters. The lowest BCUT2D eigenvalue weighted by Gasteiger charge is -2.39. The highest BCUT2D eigenvalue weighted by molar-refractivity contribution is 6.01. The molecule has 1 atom stereocenters. The van der Waals surface area contributed by atoms with Crippen molar-refractivity contribution >= 4 is 11.6 Å². The van der Waals surface area contributed by atoms with Crippen molar-refractivity contribution in [2.75, 3.05) is 26.6 Å². The van der Waals surface area contributed by atoms with E-state index in [2.05, 4.69) is 5.32 Å². The van der Waals surface area contributed by atoms with E-state index in [1.165, 1.54) is 0 Å². The number of nitrogens with one attached hydrogen (secondary N) is 1. The second kappa shape index (κ2) is 8.37. The summed E-state index contributed by atoms with van der Waals surface area (Å²) in [5, 5.41) is 3.51. The van der Waals surface area contributed by atoms with Crippen molar-refractivity contribution in [2.24, 2.45) is 0 Å². The Labute approximate surface area is 176 Å². The van der Waals surface area contributed by atoms with Crippen molar-refractivity contribution in [1.29, 1.82) is 0 Å². The first kappa shape index (κ1) is 19.6. The van der Waals surface area contributed by atoms with Crippen LogP contribution in [-0.4, -0.2) is 32.1 Å². The Morgan fingerprint density at radius 2 is 1.47 bits per heavy atom. The summed E-state index contributed by atoms with van der Waals surface area (Å²) in [6, 6.07) is 21.1. The molecule has 1 amide bonds. The van der Waals surface area contributed by atoms with Crippen LogP contribution in [-0.2, 0) is 6.54 Å². The maximum Gasteiger partial charge on any atom is 0.258 e. The number of rotatable bonds is 6. The topological polar surface area (TPSA) is 60.0 Å². The number of methoxy groups -OCH3 is 3. The largest absolute Gasteiger partial charge is 0.496 e. The van der Waals surface area contributed by atoms with Crippen molar-refractivity contribution in [3.05, 3.63) is 83.4 Å². The molecule has 0 bridgehead atoms. The molecule has 6 heteroatoms. The third-order valence-electron chi connectivity index (χ3n) is 5.25. The molecule has 1 heterocycles. The SMILES string of the molecule is COc1cc(OC)c([C@@H]2Nc3ccccc3C(=O)N2Cc2ccccc2)cc1OC. The van der Waals surface area contributed by atoms with Crippen LogP contribution >= 0.6 is 0 Å². The van der Waals surface area contributed by atoms with E-state index in [4.69, 9.17) is 14.2 Å². The molecule has 0 spiro atoms. The minimum Gasteiger partial charge on any atom is -0.496 e. The van der Waals surface area contributed by atoms with Crippen LogP contribution in [0.2, 0.25) is 0 Å². The fourth-order valence-electron chi connectivity index (χ4n) is 3.75. The Bertz CT molecular complexity index is 1050. The average Bonchev–Trinajstić information content (AvgIpc) is 2.80. The first-order chi connectivity index (χ1) is 14.7. The van der Waals surface area contributed by atoms with Crippen molar-refractivity contribution in [1.82, 2.24) is 4.90 Å². The molecule has 0 aliphatic carbocycles. The number of hydrogen-bond donors (Lipinski definition) is 1. The lowest BCUT2D eigenvalue weighted by molar-refractivity contribution is 0.0664. The first-order valence-electron chi connectivity index (χ1n) is 9.66. The third kappa shape index (κ3) is 3.52. The standard InChI is InChI=1S/C24H24N2O4/c1-28-20-14-22(30-3)21(29-2)13-18(20)23-25-19-12-8-7-11-17(19)24(27)26(23)15-16-9-5-4-6-10-16/h4-14,23,25H,15H2,1-3H3/t23-/m1/s1. The molecule has 0 saturated carbocycles. The van der Waals surface area contributed by atoms with Gasteiger partial charge in [0.05, 0.1) is 26.9 Å². The van der Waals surface area contributed by atoms with Gasteiger partial charge >= 0.3 is 0 Å². The van der Waals surface area contributed by atoms with Gasteiger partial charge < -0.3 is 24.4 Å². The Hall–Kier alpha value is -3.67. The van der Waals surface area contributed by atoms with Gasteiger partial charge in [-0.05, 0) is 23.8 Å². The molecule has 1 N–H and O–H groups in total. The molecule has 0 fully saturated rings. The minimum atomic E-state index is -0.442. The van der Waals surface area contributed by atoms with Gasteiger partial charge in [0.25, 0.3) is 5.91 Å². The van der Waals surface area contributed by atoms with Crippen molar-refractivity contribution in [2.45, 2.75) is 12.7 Å². The van der Waals surface area contributed by atoms with Gasteiger partial charge in [-0.2, -0.15) is 0 Å². The molecule has 0 saturated heterocycles. The molecule has 30 heavy (non-hydrogen) atoms. The van der Waals surface area contributed by atoms with E-state index in [0.29, 0.717) is 29.4 Å². The van der Waals surface area contributed by atoms with Crippen LogP contribution in [0, 0.1) is 0 Å². The van der Waals surface area contributed by atoms with Crippen molar-refractivity contribution in [3.63, 3.8) is 0 Å². The van der Waals surface area contributed by atoms with Gasteiger partial charge in [-0.3, -0.25) is 4.79 Å². The highest BCUT2D eigenvalue weighted by atomic mass is 16.5. The monoisotopic (exact) mass is 404 g/mol. The Balaban J connectivity index is 1.84. The van der Waals surface area contributed by atoms with Gasteiger partial charge in [-0.15, -0.1) is 0 Å². The van der Waals surface area contributed by atoms with Crippen LogP contribution in [0.1, 0.15) is 27.7 Å². The van der Waals surface area contributed by atoms with Crippen LogP contribution < -0.4 is 19.5 Å². The van der Waals surface area contributed by atoms with Crippen LogP contribution in [0.5, 0.6) is 17.2 Å². The predicted molar refractivity (Wildman–Crippen MR) is 115 cm³/mol. The first-order valence-corrected chi connectivity index (χ1v) is 9.66. The van der Waals surface area contributed by atoms with Crippen LogP contribution in [0.3, 0.4) is 0 Å². The van der Waals surface area contributed by atoms with Gasteiger partial charge in [0.1, 0.15) is 11.9 Å². The Morgan fingerprint density at radius 3 is 2.17 bits per heavy atom. The number of benzene rings is 3. The molecular formula is C24H24N2O4. The van der Waals surface area contributed by atoms with E-state index in [-0.39, 0.29) is 5.91 Å². The molecule has 6 nitrogen and oxygen atoms in total. The van der Waals surface area contributed by atoms with E-state index < -0.39 is 6.17 Å². The molecule has 4 rings (SSSR count). The van der Waals surface area contributed by atoms with Gasteiger partial charge in [-0.25, -0.2) is 0 Å².